The van der Waals surface area contributed by atoms with E-state index in [2.05, 4.69) is 26.7 Å². The molecule has 0 spiro atoms. The predicted octanol–water partition coefficient (Wildman–Crippen LogP) is 5.22. The standard InChI is InChI=1S/C27H29F3N4O3S/c1-17-13-33(15-23-12-31-26(37-23)19-3-5-20(6-4-19)27(28,29)30)9-10-34(17)14-21(35)16-36-22-7-8-25-24(11-22)32-18(2)38-25/h3-8,11-12,17,21,35H,9-10,13-16H2,1-2H3/t17-,21-/m0/s1. The summed E-state index contributed by atoms with van der Waals surface area (Å²) in [5.74, 6) is 1.65. The van der Waals surface area contributed by atoms with Gasteiger partial charge in [0.15, 0.2) is 0 Å². The van der Waals surface area contributed by atoms with Crippen LogP contribution in [-0.2, 0) is 12.7 Å². The molecule has 4 aromatic rings. The molecule has 11 heteroatoms. The average molecular weight is 547 g/mol. The maximum Gasteiger partial charge on any atom is 0.416 e. The molecule has 202 valence electrons. The number of benzene rings is 2. The van der Waals surface area contributed by atoms with Crippen LogP contribution in [0.1, 0.15) is 23.3 Å². The van der Waals surface area contributed by atoms with Crippen LogP contribution >= 0.6 is 11.3 Å². The molecule has 1 N–H and O–H groups in total. The van der Waals surface area contributed by atoms with Gasteiger partial charge in [0, 0.05) is 43.9 Å². The van der Waals surface area contributed by atoms with Crippen molar-refractivity contribution in [2.24, 2.45) is 0 Å². The number of piperazine rings is 1. The maximum absolute atomic E-state index is 12.8. The summed E-state index contributed by atoms with van der Waals surface area (Å²) in [4.78, 5) is 13.2. The Labute approximate surface area is 222 Å². The van der Waals surface area contributed by atoms with E-state index in [1.54, 1.807) is 17.5 Å². The van der Waals surface area contributed by atoms with E-state index in [4.69, 9.17) is 9.15 Å². The third-order valence-corrected chi connectivity index (χ3v) is 7.55. The average Bonchev–Trinajstić information content (AvgIpc) is 3.49. The number of ether oxygens (including phenoxy) is 1. The molecule has 1 aliphatic rings. The van der Waals surface area contributed by atoms with Crippen molar-refractivity contribution in [1.29, 1.82) is 0 Å². The zero-order chi connectivity index (χ0) is 26.9. The molecular formula is C27H29F3N4O3S. The van der Waals surface area contributed by atoms with Crippen molar-refractivity contribution in [1.82, 2.24) is 19.8 Å². The number of oxazole rings is 1. The second-order valence-corrected chi connectivity index (χ2v) is 10.8. The Bertz CT molecular complexity index is 1370. The fourth-order valence-corrected chi connectivity index (χ4v) is 5.46. The second kappa shape index (κ2) is 11.0. The highest BCUT2D eigenvalue weighted by atomic mass is 32.1. The summed E-state index contributed by atoms with van der Waals surface area (Å²) < 4.78 is 51.2. The Morgan fingerprint density at radius 1 is 1.18 bits per heavy atom. The Kier molecular flexibility index (Phi) is 7.71. The number of hydrogen-bond donors (Lipinski definition) is 1. The number of hydrogen-bond acceptors (Lipinski definition) is 8. The molecule has 1 saturated heterocycles. The van der Waals surface area contributed by atoms with Crippen LogP contribution in [0.4, 0.5) is 13.2 Å². The van der Waals surface area contributed by atoms with Crippen LogP contribution < -0.4 is 4.74 Å². The van der Waals surface area contributed by atoms with Crippen molar-refractivity contribution >= 4 is 21.6 Å². The van der Waals surface area contributed by atoms with Gasteiger partial charge in [0.1, 0.15) is 24.2 Å². The van der Waals surface area contributed by atoms with Gasteiger partial charge in [0.2, 0.25) is 5.89 Å². The Hall–Kier alpha value is -2.99. The number of fused-ring (bicyclic) bond motifs is 1. The summed E-state index contributed by atoms with van der Waals surface area (Å²) in [6, 6.07) is 10.8. The molecule has 0 unspecified atom stereocenters. The molecular weight excluding hydrogens is 517 g/mol. The van der Waals surface area contributed by atoms with Gasteiger partial charge in [0.05, 0.1) is 33.5 Å². The summed E-state index contributed by atoms with van der Waals surface area (Å²) in [6.45, 7) is 7.70. The number of aromatic nitrogens is 2. The molecule has 2 atom stereocenters. The molecule has 0 amide bonds. The molecule has 2 aromatic heterocycles. The van der Waals surface area contributed by atoms with Crippen molar-refractivity contribution in [3.05, 3.63) is 65.0 Å². The smallest absolute Gasteiger partial charge is 0.416 e. The molecule has 0 aliphatic carbocycles. The maximum atomic E-state index is 12.8. The quantitative estimate of drug-likeness (QED) is 0.325. The fourth-order valence-electron chi connectivity index (χ4n) is 4.65. The van der Waals surface area contributed by atoms with Gasteiger partial charge in [-0.2, -0.15) is 13.2 Å². The van der Waals surface area contributed by atoms with Gasteiger partial charge in [-0.3, -0.25) is 9.80 Å². The van der Waals surface area contributed by atoms with Crippen LogP contribution in [0.5, 0.6) is 5.75 Å². The number of β-amino-alcohol motifs (C(OH)–C–C–N with tert-alkyl or cyclic N) is 1. The largest absolute Gasteiger partial charge is 0.491 e. The first-order valence-corrected chi connectivity index (χ1v) is 13.2. The first kappa shape index (κ1) is 26.6. The molecule has 0 bridgehead atoms. The molecule has 2 aromatic carbocycles. The van der Waals surface area contributed by atoms with E-state index < -0.39 is 17.8 Å². The molecule has 3 heterocycles. The van der Waals surface area contributed by atoms with Crippen LogP contribution in [-0.4, -0.2) is 69.8 Å². The highest BCUT2D eigenvalue weighted by Crippen LogP contribution is 2.31. The zero-order valence-corrected chi connectivity index (χ0v) is 21.9. The SMILES string of the molecule is Cc1nc2cc(OC[C@@H](O)CN3CCN(Cc4cnc(-c5ccc(C(F)(F)F)cc5)o4)C[C@@H]3C)ccc2s1. The molecule has 5 rings (SSSR count). The Morgan fingerprint density at radius 2 is 1.97 bits per heavy atom. The van der Waals surface area contributed by atoms with Gasteiger partial charge in [0.25, 0.3) is 0 Å². The number of aliphatic hydroxyl groups excluding tert-OH is 1. The fraction of sp³-hybridized carbons (Fsp3) is 0.407. The first-order chi connectivity index (χ1) is 18.1. The minimum absolute atomic E-state index is 0.201. The number of halogens is 3. The number of nitrogens with zero attached hydrogens (tertiary/aromatic N) is 4. The summed E-state index contributed by atoms with van der Waals surface area (Å²) in [7, 11) is 0. The Morgan fingerprint density at radius 3 is 2.71 bits per heavy atom. The van der Waals surface area contributed by atoms with Crippen LogP contribution in [0, 0.1) is 6.92 Å². The molecule has 38 heavy (non-hydrogen) atoms. The molecule has 7 nitrogen and oxygen atoms in total. The monoisotopic (exact) mass is 546 g/mol. The number of aliphatic hydroxyl groups is 1. The van der Waals surface area contributed by atoms with E-state index in [1.165, 1.54) is 12.1 Å². The van der Waals surface area contributed by atoms with Gasteiger partial charge < -0.3 is 14.3 Å². The summed E-state index contributed by atoms with van der Waals surface area (Å²) in [6.07, 6.45) is -3.38. The third-order valence-electron chi connectivity index (χ3n) is 6.60. The summed E-state index contributed by atoms with van der Waals surface area (Å²) in [5.41, 5.74) is 0.700. The van der Waals surface area contributed by atoms with E-state index in [1.807, 2.05) is 25.1 Å². The molecule has 0 saturated carbocycles. The van der Waals surface area contributed by atoms with E-state index in [0.29, 0.717) is 36.1 Å². The van der Waals surface area contributed by atoms with Crippen molar-refractivity contribution in [2.75, 3.05) is 32.8 Å². The lowest BCUT2D eigenvalue weighted by atomic mass is 10.1. The Balaban J connectivity index is 1.09. The lowest BCUT2D eigenvalue weighted by Crippen LogP contribution is -2.53. The van der Waals surface area contributed by atoms with Crippen LogP contribution in [0.2, 0.25) is 0 Å². The van der Waals surface area contributed by atoms with Gasteiger partial charge in [-0.05, 0) is 50.2 Å². The lowest BCUT2D eigenvalue weighted by Gasteiger charge is -2.40. The van der Waals surface area contributed by atoms with Crippen LogP contribution in [0.25, 0.3) is 21.7 Å². The van der Waals surface area contributed by atoms with Gasteiger partial charge in [-0.25, -0.2) is 9.97 Å². The lowest BCUT2D eigenvalue weighted by molar-refractivity contribution is -0.137. The van der Waals surface area contributed by atoms with E-state index in [0.717, 1.165) is 47.0 Å². The zero-order valence-electron chi connectivity index (χ0n) is 21.1. The molecule has 1 aliphatic heterocycles. The number of aryl methyl sites for hydroxylation is 1. The molecule has 1 fully saturated rings. The second-order valence-electron chi connectivity index (χ2n) is 9.61. The van der Waals surface area contributed by atoms with E-state index in [-0.39, 0.29) is 12.6 Å². The van der Waals surface area contributed by atoms with Crippen molar-refractivity contribution in [2.45, 2.75) is 38.7 Å². The highest BCUT2D eigenvalue weighted by Gasteiger charge is 2.30. The van der Waals surface area contributed by atoms with Gasteiger partial charge >= 0.3 is 6.18 Å². The number of thiazole rings is 1. The highest BCUT2D eigenvalue weighted by molar-refractivity contribution is 7.18. The topological polar surface area (TPSA) is 74.9 Å². The van der Waals surface area contributed by atoms with E-state index >= 15 is 0 Å². The minimum atomic E-state index is -4.38. The third kappa shape index (κ3) is 6.35. The molecule has 0 radical (unpaired) electrons. The predicted molar refractivity (Wildman–Crippen MR) is 139 cm³/mol. The van der Waals surface area contributed by atoms with Gasteiger partial charge in [-0.15, -0.1) is 11.3 Å². The normalized spacial score (nSPS) is 18.2. The van der Waals surface area contributed by atoms with E-state index in [9.17, 15) is 18.3 Å². The van der Waals surface area contributed by atoms with Crippen LogP contribution in [0.3, 0.4) is 0 Å². The van der Waals surface area contributed by atoms with Crippen molar-refractivity contribution in [3.8, 4) is 17.2 Å². The summed E-state index contributed by atoms with van der Waals surface area (Å²) >= 11 is 1.64. The van der Waals surface area contributed by atoms with Crippen molar-refractivity contribution < 1.29 is 27.4 Å². The summed E-state index contributed by atoms with van der Waals surface area (Å²) in [5, 5.41) is 11.6. The van der Waals surface area contributed by atoms with Crippen molar-refractivity contribution in [3.63, 3.8) is 0 Å². The first-order valence-electron chi connectivity index (χ1n) is 12.4. The van der Waals surface area contributed by atoms with Gasteiger partial charge in [-0.1, -0.05) is 0 Å². The minimum Gasteiger partial charge on any atom is -0.491 e. The number of rotatable bonds is 8. The van der Waals surface area contributed by atoms with Crippen LogP contribution in [0.15, 0.2) is 53.1 Å². The number of alkyl halides is 3.